The third-order valence-corrected chi connectivity index (χ3v) is 5.02. The van der Waals surface area contributed by atoms with Gasteiger partial charge in [0.1, 0.15) is 6.04 Å². The van der Waals surface area contributed by atoms with E-state index in [1.165, 1.54) is 50.5 Å². The Labute approximate surface area is 133 Å². The molecule has 120 valence electrons. The first-order chi connectivity index (χ1) is 10.8. The summed E-state index contributed by atoms with van der Waals surface area (Å²) in [6.07, 6.45) is 9.07. The van der Waals surface area contributed by atoms with Crippen molar-refractivity contribution in [1.29, 1.82) is 0 Å². The molecule has 0 radical (unpaired) electrons. The van der Waals surface area contributed by atoms with Crippen LogP contribution in [0.2, 0.25) is 0 Å². The molecule has 1 unspecified atom stereocenters. The van der Waals surface area contributed by atoms with Gasteiger partial charge in [-0.2, -0.15) is 0 Å². The fourth-order valence-electron chi connectivity index (χ4n) is 3.92. The Morgan fingerprint density at radius 1 is 1.09 bits per heavy atom. The van der Waals surface area contributed by atoms with Crippen molar-refractivity contribution in [3.05, 3.63) is 35.9 Å². The van der Waals surface area contributed by atoms with Crippen LogP contribution in [0.15, 0.2) is 30.3 Å². The van der Waals surface area contributed by atoms with Crippen molar-refractivity contribution in [2.45, 2.75) is 70.0 Å². The van der Waals surface area contributed by atoms with E-state index >= 15 is 0 Å². The smallest absolute Gasteiger partial charge is 0.325 e. The lowest BCUT2D eigenvalue weighted by Crippen LogP contribution is -2.25. The molecule has 3 heteroatoms. The van der Waals surface area contributed by atoms with Gasteiger partial charge in [-0.1, -0.05) is 62.4 Å². The molecule has 2 fully saturated rings. The Kier molecular flexibility index (Phi) is 5.14. The van der Waals surface area contributed by atoms with E-state index in [1.54, 1.807) is 0 Å². The Bertz CT molecular complexity index is 479. The van der Waals surface area contributed by atoms with Crippen LogP contribution in [0.3, 0.4) is 0 Å². The first-order valence-corrected chi connectivity index (χ1v) is 8.82. The average molecular weight is 301 g/mol. The molecule has 1 aliphatic carbocycles. The van der Waals surface area contributed by atoms with Gasteiger partial charge in [-0.25, -0.2) is 0 Å². The molecule has 1 aromatic carbocycles. The van der Waals surface area contributed by atoms with E-state index in [2.05, 4.69) is 29.2 Å². The predicted molar refractivity (Wildman–Crippen MR) is 87.6 cm³/mol. The van der Waals surface area contributed by atoms with Gasteiger partial charge in [-0.05, 0) is 25.3 Å². The zero-order valence-electron chi connectivity index (χ0n) is 13.5. The summed E-state index contributed by atoms with van der Waals surface area (Å²) in [6, 6.07) is 11.1. The molecule has 3 nitrogen and oxygen atoms in total. The summed E-state index contributed by atoms with van der Waals surface area (Å²) in [5.74, 6) is -0.0431. The summed E-state index contributed by atoms with van der Waals surface area (Å²) in [5.41, 5.74) is 1.25. The highest BCUT2D eigenvalue weighted by Gasteiger charge is 2.56. The third kappa shape index (κ3) is 3.35. The first-order valence-electron chi connectivity index (χ1n) is 8.82. The Hall–Kier alpha value is -1.35. The number of hydrogen-bond acceptors (Lipinski definition) is 3. The molecule has 1 aromatic rings. The summed E-state index contributed by atoms with van der Waals surface area (Å²) < 4.78 is 5.31. The minimum atomic E-state index is -0.0632. The number of esters is 1. The molecular formula is C19H27NO2. The van der Waals surface area contributed by atoms with Crippen molar-refractivity contribution in [3.63, 3.8) is 0 Å². The minimum Gasteiger partial charge on any atom is -0.465 e. The molecule has 1 saturated heterocycles. The van der Waals surface area contributed by atoms with Gasteiger partial charge < -0.3 is 4.74 Å². The monoisotopic (exact) mass is 301 g/mol. The van der Waals surface area contributed by atoms with Crippen LogP contribution < -0.4 is 0 Å². The van der Waals surface area contributed by atoms with Gasteiger partial charge in [0, 0.05) is 6.04 Å². The number of nitrogens with zero attached hydrogens (tertiary/aromatic N) is 1. The zero-order valence-corrected chi connectivity index (χ0v) is 13.5. The zero-order chi connectivity index (χ0) is 15.4. The molecule has 0 amide bonds. The third-order valence-electron chi connectivity index (χ3n) is 5.02. The molecule has 1 aliphatic heterocycles. The molecule has 0 bridgehead atoms. The van der Waals surface area contributed by atoms with Crippen LogP contribution in [-0.2, 0) is 9.53 Å². The van der Waals surface area contributed by atoms with Gasteiger partial charge in [-0.3, -0.25) is 9.69 Å². The molecular weight excluding hydrogens is 274 g/mol. The van der Waals surface area contributed by atoms with Crippen molar-refractivity contribution >= 4 is 5.97 Å². The standard InChI is InChI=1S/C19H27NO2/c1-2-22-19(21)18-17(15-11-7-6-8-12-15)20(18)16-13-9-4-3-5-10-14-16/h6-8,11-12,16-18H,2-5,9-10,13-14H2,1H3/t17-,18+,20?/m1/s1. The highest BCUT2D eigenvalue weighted by Crippen LogP contribution is 2.47. The summed E-state index contributed by atoms with van der Waals surface area (Å²) in [7, 11) is 0. The average Bonchev–Trinajstić information content (AvgIpc) is 3.23. The van der Waals surface area contributed by atoms with Gasteiger partial charge in [0.15, 0.2) is 0 Å². The maximum atomic E-state index is 12.3. The number of ether oxygens (including phenoxy) is 1. The van der Waals surface area contributed by atoms with Crippen LogP contribution in [0.25, 0.3) is 0 Å². The number of benzene rings is 1. The van der Waals surface area contributed by atoms with E-state index < -0.39 is 0 Å². The highest BCUT2D eigenvalue weighted by atomic mass is 16.5. The summed E-state index contributed by atoms with van der Waals surface area (Å²) in [6.45, 7) is 2.35. The summed E-state index contributed by atoms with van der Waals surface area (Å²) >= 11 is 0. The molecule has 1 saturated carbocycles. The number of carbonyl (C=O) groups is 1. The quantitative estimate of drug-likeness (QED) is 0.619. The Morgan fingerprint density at radius 3 is 2.36 bits per heavy atom. The topological polar surface area (TPSA) is 29.3 Å². The minimum absolute atomic E-state index is 0.0431. The van der Waals surface area contributed by atoms with Crippen molar-refractivity contribution in [1.82, 2.24) is 4.90 Å². The second-order valence-electron chi connectivity index (χ2n) is 6.50. The highest BCUT2D eigenvalue weighted by molar-refractivity contribution is 5.81. The molecule has 0 aromatic heterocycles. The Balaban J connectivity index is 1.75. The van der Waals surface area contributed by atoms with E-state index in [0.717, 1.165) is 0 Å². The van der Waals surface area contributed by atoms with Gasteiger partial charge >= 0.3 is 5.97 Å². The molecule has 3 atom stereocenters. The van der Waals surface area contributed by atoms with Crippen molar-refractivity contribution in [2.24, 2.45) is 0 Å². The van der Waals surface area contributed by atoms with E-state index in [-0.39, 0.29) is 18.1 Å². The van der Waals surface area contributed by atoms with Crippen LogP contribution in [0.1, 0.15) is 63.5 Å². The van der Waals surface area contributed by atoms with E-state index in [9.17, 15) is 4.79 Å². The molecule has 0 N–H and O–H groups in total. The molecule has 2 aliphatic rings. The van der Waals surface area contributed by atoms with Crippen molar-refractivity contribution < 1.29 is 9.53 Å². The van der Waals surface area contributed by atoms with Crippen LogP contribution in [0, 0.1) is 0 Å². The number of carbonyl (C=O) groups excluding carboxylic acids is 1. The second-order valence-corrected chi connectivity index (χ2v) is 6.50. The molecule has 3 rings (SSSR count). The summed E-state index contributed by atoms with van der Waals surface area (Å²) in [5, 5.41) is 0. The van der Waals surface area contributed by atoms with Crippen LogP contribution in [-0.4, -0.2) is 29.6 Å². The fraction of sp³-hybridized carbons (Fsp3) is 0.632. The lowest BCUT2D eigenvalue weighted by molar-refractivity contribution is -0.143. The van der Waals surface area contributed by atoms with Gasteiger partial charge in [0.2, 0.25) is 0 Å². The van der Waals surface area contributed by atoms with E-state index in [0.29, 0.717) is 12.6 Å². The molecule has 0 spiro atoms. The number of rotatable bonds is 4. The predicted octanol–water partition coefficient (Wildman–Crippen LogP) is 4.09. The largest absolute Gasteiger partial charge is 0.465 e. The first kappa shape index (κ1) is 15.5. The molecule has 22 heavy (non-hydrogen) atoms. The van der Waals surface area contributed by atoms with Gasteiger partial charge in [0.25, 0.3) is 0 Å². The normalized spacial score (nSPS) is 29.4. The lowest BCUT2D eigenvalue weighted by Gasteiger charge is -2.22. The maximum absolute atomic E-state index is 12.3. The lowest BCUT2D eigenvalue weighted by atomic mass is 9.96. The van der Waals surface area contributed by atoms with Gasteiger partial charge in [-0.15, -0.1) is 0 Å². The SMILES string of the molecule is CCOC(=O)[C@@H]1[C@@H](c2ccccc2)N1C1CCCCCCC1. The number of hydrogen-bond donors (Lipinski definition) is 0. The van der Waals surface area contributed by atoms with E-state index in [1.807, 2.05) is 13.0 Å². The maximum Gasteiger partial charge on any atom is 0.325 e. The Morgan fingerprint density at radius 2 is 1.73 bits per heavy atom. The van der Waals surface area contributed by atoms with Crippen LogP contribution in [0.5, 0.6) is 0 Å². The van der Waals surface area contributed by atoms with Crippen LogP contribution >= 0.6 is 0 Å². The van der Waals surface area contributed by atoms with Crippen LogP contribution in [0.4, 0.5) is 0 Å². The second kappa shape index (κ2) is 7.28. The van der Waals surface area contributed by atoms with Crippen molar-refractivity contribution in [2.75, 3.05) is 6.61 Å². The summed E-state index contributed by atoms with van der Waals surface area (Å²) in [4.78, 5) is 14.7. The van der Waals surface area contributed by atoms with E-state index in [4.69, 9.17) is 4.74 Å². The fourth-order valence-corrected chi connectivity index (χ4v) is 3.92. The van der Waals surface area contributed by atoms with Gasteiger partial charge in [0.05, 0.1) is 12.6 Å². The molecule has 1 heterocycles. The van der Waals surface area contributed by atoms with Crippen molar-refractivity contribution in [3.8, 4) is 0 Å².